The predicted octanol–water partition coefficient (Wildman–Crippen LogP) is 2.42. The smallest absolute Gasteiger partial charge is 0.150 e. The molecule has 94 valence electrons. The molecule has 1 aliphatic heterocycles. The van der Waals surface area contributed by atoms with Crippen LogP contribution in [0.1, 0.15) is 12.8 Å². The minimum Gasteiger partial charge on any atom is -0.381 e. The second-order valence-electron chi connectivity index (χ2n) is 4.19. The van der Waals surface area contributed by atoms with Crippen LogP contribution in [0.25, 0.3) is 0 Å². The summed E-state index contributed by atoms with van der Waals surface area (Å²) in [6.45, 7) is 0. The summed E-state index contributed by atoms with van der Waals surface area (Å²) < 4.78 is 36.3. The van der Waals surface area contributed by atoms with E-state index in [0.717, 1.165) is 9.26 Å². The van der Waals surface area contributed by atoms with E-state index in [-0.39, 0.29) is 23.4 Å². The summed E-state index contributed by atoms with van der Waals surface area (Å²) in [7, 11) is -2.83. The molecular weight excluding hydrogens is 356 g/mol. The van der Waals surface area contributed by atoms with Gasteiger partial charge in [-0.3, -0.25) is 0 Å². The Hall–Kier alpha value is -0.370. The third kappa shape index (κ3) is 3.54. The van der Waals surface area contributed by atoms with Crippen LogP contribution in [0, 0.1) is 9.39 Å². The van der Waals surface area contributed by atoms with Crippen LogP contribution in [0.5, 0.6) is 0 Å². The van der Waals surface area contributed by atoms with Crippen molar-refractivity contribution in [3.8, 4) is 0 Å². The van der Waals surface area contributed by atoms with Gasteiger partial charge in [0.25, 0.3) is 0 Å². The Bertz CT molecular complexity index is 504. The maximum atomic E-state index is 12.9. The molecule has 0 aromatic heterocycles. The number of sulfone groups is 1. The molecule has 6 heteroatoms. The lowest BCUT2D eigenvalue weighted by Gasteiger charge is -2.24. The zero-order valence-corrected chi connectivity index (χ0v) is 12.1. The SMILES string of the molecule is O=S1(=O)CCC(Nc2ccc(F)cc2I)CC1. The largest absolute Gasteiger partial charge is 0.381 e. The first-order valence-corrected chi connectivity index (χ1v) is 8.28. The Kier molecular flexibility index (Phi) is 3.92. The van der Waals surface area contributed by atoms with Crippen LogP contribution < -0.4 is 5.32 Å². The van der Waals surface area contributed by atoms with Crippen molar-refractivity contribution in [2.45, 2.75) is 18.9 Å². The Morgan fingerprint density at radius 1 is 1.29 bits per heavy atom. The average molecular weight is 369 g/mol. The van der Waals surface area contributed by atoms with E-state index >= 15 is 0 Å². The van der Waals surface area contributed by atoms with Crippen LogP contribution in [0.4, 0.5) is 10.1 Å². The molecule has 0 unspecified atom stereocenters. The van der Waals surface area contributed by atoms with Crippen molar-refractivity contribution < 1.29 is 12.8 Å². The van der Waals surface area contributed by atoms with Crippen LogP contribution in [0.3, 0.4) is 0 Å². The standard InChI is InChI=1S/C11H13FINO2S/c12-8-1-2-11(10(13)7-8)14-9-3-5-17(15,16)6-4-9/h1-2,7,9,14H,3-6H2. The number of nitrogens with one attached hydrogen (secondary N) is 1. The highest BCUT2D eigenvalue weighted by molar-refractivity contribution is 14.1. The van der Waals surface area contributed by atoms with Crippen molar-refractivity contribution in [2.75, 3.05) is 16.8 Å². The van der Waals surface area contributed by atoms with E-state index < -0.39 is 9.84 Å². The van der Waals surface area contributed by atoms with Gasteiger partial charge in [0, 0.05) is 15.3 Å². The summed E-state index contributed by atoms with van der Waals surface area (Å²) in [6, 6.07) is 4.73. The van der Waals surface area contributed by atoms with Crippen molar-refractivity contribution in [3.63, 3.8) is 0 Å². The molecule has 0 radical (unpaired) electrons. The van der Waals surface area contributed by atoms with Crippen molar-refractivity contribution in [1.82, 2.24) is 0 Å². The molecule has 1 aliphatic rings. The molecule has 1 heterocycles. The molecule has 17 heavy (non-hydrogen) atoms. The van der Waals surface area contributed by atoms with Crippen molar-refractivity contribution >= 4 is 38.1 Å². The van der Waals surface area contributed by atoms with Gasteiger partial charge >= 0.3 is 0 Å². The normalized spacial score (nSPS) is 20.1. The summed E-state index contributed by atoms with van der Waals surface area (Å²) in [5, 5.41) is 3.28. The fraction of sp³-hybridized carbons (Fsp3) is 0.455. The first-order chi connectivity index (χ1) is 7.96. The van der Waals surface area contributed by atoms with Crippen LogP contribution in [-0.2, 0) is 9.84 Å². The number of anilines is 1. The molecule has 0 saturated carbocycles. The summed E-state index contributed by atoms with van der Waals surface area (Å²) in [6.07, 6.45) is 1.24. The highest BCUT2D eigenvalue weighted by Crippen LogP contribution is 2.23. The van der Waals surface area contributed by atoms with Crippen LogP contribution in [-0.4, -0.2) is 26.0 Å². The molecule has 0 aliphatic carbocycles. The molecule has 3 nitrogen and oxygen atoms in total. The third-order valence-electron chi connectivity index (χ3n) is 2.85. The van der Waals surface area contributed by atoms with E-state index in [1.165, 1.54) is 12.1 Å². The van der Waals surface area contributed by atoms with Gasteiger partial charge in [-0.2, -0.15) is 0 Å². The van der Waals surface area contributed by atoms with Crippen molar-refractivity contribution in [2.24, 2.45) is 0 Å². The minimum atomic E-state index is -2.83. The van der Waals surface area contributed by atoms with Crippen LogP contribution >= 0.6 is 22.6 Å². The maximum absolute atomic E-state index is 12.9. The lowest BCUT2D eigenvalue weighted by Crippen LogP contribution is -2.32. The monoisotopic (exact) mass is 369 g/mol. The zero-order valence-electron chi connectivity index (χ0n) is 9.12. The second kappa shape index (κ2) is 5.09. The first kappa shape index (κ1) is 13.1. The molecule has 0 spiro atoms. The third-order valence-corrected chi connectivity index (χ3v) is 5.45. The summed E-state index contributed by atoms with van der Waals surface area (Å²) in [5.74, 6) is 0.219. The van der Waals surface area contributed by atoms with E-state index in [1.54, 1.807) is 6.07 Å². The highest BCUT2D eigenvalue weighted by atomic mass is 127. The molecule has 1 aromatic rings. The Balaban J connectivity index is 2.02. The van der Waals surface area contributed by atoms with E-state index in [2.05, 4.69) is 27.9 Å². The van der Waals surface area contributed by atoms with E-state index in [9.17, 15) is 12.8 Å². The highest BCUT2D eigenvalue weighted by Gasteiger charge is 2.23. The van der Waals surface area contributed by atoms with Gasteiger partial charge in [-0.1, -0.05) is 0 Å². The number of hydrogen-bond acceptors (Lipinski definition) is 3. The number of benzene rings is 1. The fourth-order valence-electron chi connectivity index (χ4n) is 1.86. The Morgan fingerprint density at radius 3 is 2.53 bits per heavy atom. The summed E-state index contributed by atoms with van der Waals surface area (Å²) in [5.41, 5.74) is 0.872. The molecule has 2 rings (SSSR count). The Labute approximate surface area is 114 Å². The summed E-state index contributed by atoms with van der Waals surface area (Å²) >= 11 is 2.07. The molecule has 1 fully saturated rings. The first-order valence-electron chi connectivity index (χ1n) is 5.38. The maximum Gasteiger partial charge on any atom is 0.150 e. The molecule has 1 saturated heterocycles. The molecule has 0 amide bonds. The van der Waals surface area contributed by atoms with Gasteiger partial charge in [-0.15, -0.1) is 0 Å². The number of halogens is 2. The number of hydrogen-bond donors (Lipinski definition) is 1. The summed E-state index contributed by atoms with van der Waals surface area (Å²) in [4.78, 5) is 0. The average Bonchev–Trinajstić information content (AvgIpc) is 2.25. The van der Waals surface area contributed by atoms with Gasteiger partial charge in [-0.05, 0) is 53.6 Å². The predicted molar refractivity (Wildman–Crippen MR) is 74.4 cm³/mol. The second-order valence-corrected chi connectivity index (χ2v) is 7.66. The van der Waals surface area contributed by atoms with Gasteiger partial charge < -0.3 is 5.32 Å². The molecule has 1 N–H and O–H groups in total. The van der Waals surface area contributed by atoms with Gasteiger partial charge in [0.1, 0.15) is 15.7 Å². The van der Waals surface area contributed by atoms with Gasteiger partial charge in [0.05, 0.1) is 11.5 Å². The van der Waals surface area contributed by atoms with Gasteiger partial charge in [0.15, 0.2) is 0 Å². The van der Waals surface area contributed by atoms with Gasteiger partial charge in [0.2, 0.25) is 0 Å². The van der Waals surface area contributed by atoms with Crippen molar-refractivity contribution in [3.05, 3.63) is 27.6 Å². The lowest BCUT2D eigenvalue weighted by atomic mass is 10.1. The van der Waals surface area contributed by atoms with Crippen molar-refractivity contribution in [1.29, 1.82) is 0 Å². The molecule has 0 bridgehead atoms. The van der Waals surface area contributed by atoms with Crippen LogP contribution in [0.2, 0.25) is 0 Å². The van der Waals surface area contributed by atoms with E-state index in [1.807, 2.05) is 0 Å². The molecule has 0 atom stereocenters. The Morgan fingerprint density at radius 2 is 1.94 bits per heavy atom. The fourth-order valence-corrected chi connectivity index (χ4v) is 3.99. The topological polar surface area (TPSA) is 46.2 Å². The van der Waals surface area contributed by atoms with E-state index in [4.69, 9.17) is 0 Å². The van der Waals surface area contributed by atoms with Crippen LogP contribution in [0.15, 0.2) is 18.2 Å². The quantitative estimate of drug-likeness (QED) is 0.815. The number of rotatable bonds is 2. The zero-order chi connectivity index (χ0) is 12.5. The van der Waals surface area contributed by atoms with Gasteiger partial charge in [-0.25, -0.2) is 12.8 Å². The van der Waals surface area contributed by atoms with E-state index in [0.29, 0.717) is 12.8 Å². The minimum absolute atomic E-state index is 0.164. The molecular formula is C11H13FINO2S. The lowest BCUT2D eigenvalue weighted by molar-refractivity contribution is 0.559. The molecule has 1 aromatic carbocycles.